The van der Waals surface area contributed by atoms with E-state index in [2.05, 4.69) is 29.0 Å². The van der Waals surface area contributed by atoms with E-state index in [4.69, 9.17) is 16.6 Å². The molecule has 1 fully saturated rings. The fourth-order valence-electron chi connectivity index (χ4n) is 4.14. The number of hydrogen-bond acceptors (Lipinski definition) is 5. The summed E-state index contributed by atoms with van der Waals surface area (Å²) in [7, 11) is 0. The number of hydrogen-bond donors (Lipinski definition) is 1. The number of rotatable bonds is 5. The molecule has 0 aliphatic carbocycles. The lowest BCUT2D eigenvalue weighted by atomic mass is 9.92. The second kappa shape index (κ2) is 10.3. The monoisotopic (exact) mass is 465 g/mol. The van der Waals surface area contributed by atoms with Crippen LogP contribution < -0.4 is 5.32 Å². The first-order valence-corrected chi connectivity index (χ1v) is 12.2. The highest BCUT2D eigenvalue weighted by Crippen LogP contribution is 2.34. The largest absolute Gasteiger partial charge is 0.423 e. The predicted octanol–water partition coefficient (Wildman–Crippen LogP) is 5.94. The normalized spacial score (nSPS) is 18.4. The first kappa shape index (κ1) is 22.6. The Bertz CT molecular complexity index is 1000. The summed E-state index contributed by atoms with van der Waals surface area (Å²) in [4.78, 5) is 19.4. The van der Waals surface area contributed by atoms with Gasteiger partial charge in [0.2, 0.25) is 5.91 Å². The topological polar surface area (TPSA) is 58.4 Å². The smallest absolute Gasteiger partial charge is 0.302 e. The van der Waals surface area contributed by atoms with Gasteiger partial charge in [0, 0.05) is 24.2 Å². The van der Waals surface area contributed by atoms with Crippen molar-refractivity contribution in [3.63, 3.8) is 0 Å². The minimum atomic E-state index is -0.184. The number of oxazole rings is 1. The van der Waals surface area contributed by atoms with Gasteiger partial charge in [-0.2, -0.15) is 4.98 Å². The lowest BCUT2D eigenvalue weighted by molar-refractivity contribution is -0.113. The molecule has 1 aliphatic rings. The Hall–Kier alpha value is -2.64. The van der Waals surface area contributed by atoms with E-state index in [0.717, 1.165) is 28.5 Å². The summed E-state index contributed by atoms with van der Waals surface area (Å²) in [6, 6.07) is 19.8. The minimum absolute atomic E-state index is 0.184. The van der Waals surface area contributed by atoms with Crippen molar-refractivity contribution < 1.29 is 9.21 Å². The van der Waals surface area contributed by atoms with Gasteiger partial charge in [0.25, 0.3) is 0 Å². The Kier molecular flexibility index (Phi) is 7.27. The molecule has 1 aliphatic heterocycles. The molecule has 0 bridgehead atoms. The number of carbonyl (C=O) groups is 1. The van der Waals surface area contributed by atoms with Crippen LogP contribution in [0.25, 0.3) is 22.6 Å². The average molecular weight is 466 g/mol. The third kappa shape index (κ3) is 5.58. The van der Waals surface area contributed by atoms with E-state index in [1.165, 1.54) is 18.2 Å². The maximum absolute atomic E-state index is 12.6. The number of anilines is 1. The fourth-order valence-corrected chi connectivity index (χ4v) is 5.12. The molecule has 2 aromatic carbocycles. The Morgan fingerprint density at radius 1 is 1.06 bits per heavy atom. The highest BCUT2D eigenvalue weighted by atomic mass is 32.2. The Morgan fingerprint density at radius 2 is 1.66 bits per heavy atom. The van der Waals surface area contributed by atoms with Crippen LogP contribution in [0.2, 0.25) is 0 Å². The molecule has 0 radical (unpaired) electrons. The van der Waals surface area contributed by atoms with E-state index in [9.17, 15) is 4.79 Å². The SMILES string of the molecule is CC1CC(C)CN(C(=S)SCC(=O)Nc2nc(-c3ccccc3)c(-c3ccccc3)o2)C1. The predicted molar refractivity (Wildman–Crippen MR) is 136 cm³/mol. The van der Waals surface area contributed by atoms with Crippen molar-refractivity contribution >= 4 is 40.2 Å². The minimum Gasteiger partial charge on any atom is -0.423 e. The lowest BCUT2D eigenvalue weighted by Crippen LogP contribution is -2.41. The van der Waals surface area contributed by atoms with Crippen molar-refractivity contribution in [2.45, 2.75) is 20.3 Å². The molecule has 5 nitrogen and oxygen atoms in total. The summed E-state index contributed by atoms with van der Waals surface area (Å²) in [6.07, 6.45) is 1.22. The Balaban J connectivity index is 1.44. The van der Waals surface area contributed by atoms with E-state index >= 15 is 0 Å². The van der Waals surface area contributed by atoms with Gasteiger partial charge in [-0.05, 0) is 18.3 Å². The molecule has 32 heavy (non-hydrogen) atoms. The molecule has 1 N–H and O–H groups in total. The molecule has 0 saturated carbocycles. The highest BCUT2D eigenvalue weighted by molar-refractivity contribution is 8.23. The number of nitrogens with one attached hydrogen (secondary N) is 1. The van der Waals surface area contributed by atoms with E-state index in [1.807, 2.05) is 60.7 Å². The second-order valence-corrected chi connectivity index (χ2v) is 9.99. The Morgan fingerprint density at radius 3 is 2.28 bits per heavy atom. The van der Waals surface area contributed by atoms with Gasteiger partial charge in [-0.1, -0.05) is 98.5 Å². The first-order valence-electron chi connectivity index (χ1n) is 10.8. The van der Waals surface area contributed by atoms with Gasteiger partial charge in [0.15, 0.2) is 5.76 Å². The third-order valence-corrected chi connectivity index (χ3v) is 6.93. The van der Waals surface area contributed by atoms with E-state index in [1.54, 1.807) is 0 Å². The average Bonchev–Trinajstić information content (AvgIpc) is 3.21. The van der Waals surface area contributed by atoms with Crippen LogP contribution in [0, 0.1) is 11.8 Å². The first-order chi connectivity index (χ1) is 15.5. The van der Waals surface area contributed by atoms with Gasteiger partial charge in [-0.15, -0.1) is 0 Å². The number of thioether (sulfide) groups is 1. The molecule has 2 unspecified atom stereocenters. The van der Waals surface area contributed by atoms with Gasteiger partial charge in [-0.3, -0.25) is 10.1 Å². The van der Waals surface area contributed by atoms with Crippen LogP contribution in [0.15, 0.2) is 65.1 Å². The maximum atomic E-state index is 12.6. The molecule has 1 saturated heterocycles. The highest BCUT2D eigenvalue weighted by Gasteiger charge is 2.24. The zero-order chi connectivity index (χ0) is 22.5. The number of amides is 1. The van der Waals surface area contributed by atoms with Crippen molar-refractivity contribution in [2.24, 2.45) is 11.8 Å². The standard InChI is InChI=1S/C25H27N3O2S2/c1-17-13-18(2)15-28(14-17)25(31)32-16-21(29)26-24-27-22(19-9-5-3-6-10-19)23(30-24)20-11-7-4-8-12-20/h3-12,17-18H,13-16H2,1-2H3,(H,26,27,29). The van der Waals surface area contributed by atoms with Crippen molar-refractivity contribution in [3.8, 4) is 22.6 Å². The van der Waals surface area contributed by atoms with E-state index < -0.39 is 0 Å². The van der Waals surface area contributed by atoms with Crippen molar-refractivity contribution in [1.82, 2.24) is 9.88 Å². The Labute approximate surface area is 198 Å². The molecular formula is C25H27N3O2S2. The molecule has 1 amide bonds. The molecule has 7 heteroatoms. The summed E-state index contributed by atoms with van der Waals surface area (Å²) in [5.74, 6) is 1.90. The molecule has 1 aromatic heterocycles. The zero-order valence-electron chi connectivity index (χ0n) is 18.3. The fraction of sp³-hybridized carbons (Fsp3) is 0.320. The molecular weight excluding hydrogens is 438 g/mol. The molecule has 2 heterocycles. The van der Waals surface area contributed by atoms with Crippen LogP contribution in [-0.2, 0) is 4.79 Å². The number of benzene rings is 2. The summed E-state index contributed by atoms with van der Waals surface area (Å²) < 4.78 is 6.76. The van der Waals surface area contributed by atoms with Gasteiger partial charge in [0.1, 0.15) is 10.0 Å². The number of thiocarbonyl (C=S) groups is 1. The summed E-state index contributed by atoms with van der Waals surface area (Å²) in [6.45, 7) is 6.41. The summed E-state index contributed by atoms with van der Waals surface area (Å²) in [5, 5.41) is 2.80. The molecule has 4 rings (SSSR count). The number of piperidine rings is 1. The van der Waals surface area contributed by atoms with Gasteiger partial charge >= 0.3 is 6.01 Å². The number of nitrogens with zero attached hydrogens (tertiary/aromatic N) is 2. The van der Waals surface area contributed by atoms with Crippen LogP contribution in [0.5, 0.6) is 0 Å². The van der Waals surface area contributed by atoms with Crippen molar-refractivity contribution in [2.75, 3.05) is 24.2 Å². The van der Waals surface area contributed by atoms with Gasteiger partial charge in [0.05, 0.1) is 5.75 Å². The number of carbonyl (C=O) groups excluding carboxylic acids is 1. The van der Waals surface area contributed by atoms with E-state index in [-0.39, 0.29) is 17.7 Å². The van der Waals surface area contributed by atoms with Crippen molar-refractivity contribution in [1.29, 1.82) is 0 Å². The maximum Gasteiger partial charge on any atom is 0.302 e. The molecule has 3 aromatic rings. The number of likely N-dealkylation sites (tertiary alicyclic amines) is 1. The number of aromatic nitrogens is 1. The summed E-state index contributed by atoms with van der Waals surface area (Å²) >= 11 is 6.98. The molecule has 0 spiro atoms. The molecule has 166 valence electrons. The zero-order valence-corrected chi connectivity index (χ0v) is 19.9. The van der Waals surface area contributed by atoms with Crippen LogP contribution >= 0.6 is 24.0 Å². The van der Waals surface area contributed by atoms with Crippen LogP contribution in [0.4, 0.5) is 6.01 Å². The van der Waals surface area contributed by atoms with Crippen LogP contribution in [-0.4, -0.2) is 39.0 Å². The second-order valence-electron chi connectivity index (χ2n) is 8.38. The van der Waals surface area contributed by atoms with Crippen LogP contribution in [0.3, 0.4) is 0 Å². The van der Waals surface area contributed by atoms with E-state index in [0.29, 0.717) is 23.3 Å². The van der Waals surface area contributed by atoms with Crippen LogP contribution in [0.1, 0.15) is 20.3 Å². The third-order valence-electron chi connectivity index (χ3n) is 5.41. The molecule has 2 atom stereocenters. The van der Waals surface area contributed by atoms with Crippen molar-refractivity contribution in [3.05, 3.63) is 60.7 Å². The summed E-state index contributed by atoms with van der Waals surface area (Å²) in [5.41, 5.74) is 2.54. The van der Waals surface area contributed by atoms with Gasteiger partial charge < -0.3 is 9.32 Å². The van der Waals surface area contributed by atoms with Gasteiger partial charge in [-0.25, -0.2) is 0 Å². The lowest BCUT2D eigenvalue weighted by Gasteiger charge is -2.36. The quantitative estimate of drug-likeness (QED) is 0.470.